The average Bonchev–Trinajstić information content (AvgIpc) is 3.24. The Kier molecular flexibility index (Phi) is 11.4. The third-order valence-corrected chi connectivity index (χ3v) is 16.5. The van der Waals surface area contributed by atoms with Crippen LogP contribution in [-0.4, -0.2) is 0 Å². The normalized spacial score (nSPS) is 11.8. The van der Waals surface area contributed by atoms with Crippen LogP contribution in [0.5, 0.6) is 11.5 Å². The quantitative estimate of drug-likeness (QED) is 0.128. The first-order valence-corrected chi connectivity index (χ1v) is 28.1. The van der Waals surface area contributed by atoms with Gasteiger partial charge in [-0.25, -0.2) is 4.39 Å². The third kappa shape index (κ3) is 7.96. The predicted molar refractivity (Wildman–Crippen MR) is 343 cm³/mol. The Hall–Kier alpha value is -11.0. The van der Waals surface area contributed by atoms with Crippen LogP contribution in [0.3, 0.4) is 0 Å². The first kappa shape index (κ1) is 47.9. The number of halogens is 1. The van der Waals surface area contributed by atoms with Crippen LogP contribution in [0.15, 0.2) is 302 Å². The molecule has 15 aromatic rings. The largest absolute Gasteiger partial charge is 0.456 e. The SMILES string of the molecule is Fc1cc(-c2ccccc2)cc(-c2ccccc2)c1N(c1ccccc1-c1ccccc1)c1cc2c3cccc4c3c(cc2c2ccccc12)-c1ccc(N(c2ccccc2-c2ccccc2)c2cccc3c2oc2ccccc23)cc1O4. The minimum atomic E-state index is -0.338. The van der Waals surface area contributed by atoms with Crippen LogP contribution >= 0.6 is 0 Å². The number of anilines is 6. The number of rotatable bonds is 10. The number of nitrogens with zero attached hydrogens (tertiary/aromatic N) is 2. The predicted octanol–water partition coefficient (Wildman–Crippen LogP) is 22.6. The van der Waals surface area contributed by atoms with Crippen molar-refractivity contribution < 1.29 is 13.5 Å². The molecule has 1 aliphatic heterocycles. The Labute approximate surface area is 479 Å². The van der Waals surface area contributed by atoms with Crippen LogP contribution in [0, 0.1) is 5.82 Å². The number of furan rings is 1. The monoisotopic (exact) mass is 1060 g/mol. The summed E-state index contributed by atoms with van der Waals surface area (Å²) in [6.07, 6.45) is 0. The Morgan fingerprint density at radius 2 is 0.807 bits per heavy atom. The van der Waals surface area contributed by atoms with Crippen LogP contribution in [0.1, 0.15) is 0 Å². The van der Waals surface area contributed by atoms with E-state index in [-0.39, 0.29) is 5.82 Å². The molecule has 16 rings (SSSR count). The molecule has 0 spiro atoms. The van der Waals surface area contributed by atoms with E-state index in [1.54, 1.807) is 6.07 Å². The minimum absolute atomic E-state index is 0.338. The van der Waals surface area contributed by atoms with Gasteiger partial charge in [-0.1, -0.05) is 224 Å². The zero-order valence-corrected chi connectivity index (χ0v) is 44.9. The van der Waals surface area contributed by atoms with Crippen molar-refractivity contribution in [2.75, 3.05) is 9.80 Å². The second kappa shape index (κ2) is 19.7. The molecule has 1 aliphatic rings. The summed E-state index contributed by atoms with van der Waals surface area (Å²) in [7, 11) is 0. The fourth-order valence-electron chi connectivity index (χ4n) is 12.8. The molecule has 0 aliphatic carbocycles. The van der Waals surface area contributed by atoms with Crippen molar-refractivity contribution in [2.24, 2.45) is 0 Å². The van der Waals surface area contributed by atoms with Gasteiger partial charge >= 0.3 is 0 Å². The van der Waals surface area contributed by atoms with E-state index in [1.165, 1.54) is 0 Å². The van der Waals surface area contributed by atoms with Crippen LogP contribution in [0.25, 0.3) is 110 Å². The lowest BCUT2D eigenvalue weighted by Gasteiger charge is -2.32. The molecule has 0 fully saturated rings. The van der Waals surface area contributed by atoms with Gasteiger partial charge in [0.1, 0.15) is 22.9 Å². The summed E-state index contributed by atoms with van der Waals surface area (Å²) < 4.78 is 32.3. The van der Waals surface area contributed by atoms with Crippen molar-refractivity contribution in [3.05, 3.63) is 303 Å². The highest BCUT2D eigenvalue weighted by Crippen LogP contribution is 2.55. The molecule has 5 heteroatoms. The van der Waals surface area contributed by atoms with Crippen LogP contribution in [-0.2, 0) is 0 Å². The van der Waals surface area contributed by atoms with E-state index in [0.717, 1.165) is 150 Å². The molecule has 0 bridgehead atoms. The van der Waals surface area contributed by atoms with E-state index in [4.69, 9.17) is 9.15 Å². The third-order valence-electron chi connectivity index (χ3n) is 16.5. The van der Waals surface area contributed by atoms with E-state index >= 15 is 4.39 Å². The lowest BCUT2D eigenvalue weighted by atomic mass is 9.87. The van der Waals surface area contributed by atoms with Crippen LogP contribution in [0.4, 0.5) is 38.5 Å². The summed E-state index contributed by atoms with van der Waals surface area (Å²) in [5.41, 5.74) is 16.3. The molecule has 2 heterocycles. The van der Waals surface area contributed by atoms with Crippen LogP contribution < -0.4 is 14.5 Å². The second-order valence-electron chi connectivity index (χ2n) is 21.2. The van der Waals surface area contributed by atoms with Crippen molar-refractivity contribution in [1.82, 2.24) is 0 Å². The smallest absolute Gasteiger partial charge is 0.159 e. The Bertz CT molecular complexity index is 5020. The van der Waals surface area contributed by atoms with Gasteiger partial charge < -0.3 is 19.0 Å². The molecule has 0 unspecified atom stereocenters. The highest BCUT2D eigenvalue weighted by Gasteiger charge is 2.30. The van der Waals surface area contributed by atoms with E-state index in [9.17, 15) is 0 Å². The molecular weight excluding hydrogens is 1020 g/mol. The maximum absolute atomic E-state index is 18.3. The Morgan fingerprint density at radius 1 is 0.277 bits per heavy atom. The number of hydrogen-bond acceptors (Lipinski definition) is 4. The zero-order chi connectivity index (χ0) is 55.0. The summed E-state index contributed by atoms with van der Waals surface area (Å²) in [6.45, 7) is 0. The first-order chi connectivity index (χ1) is 41.1. The summed E-state index contributed by atoms with van der Waals surface area (Å²) >= 11 is 0. The fraction of sp³-hybridized carbons (Fsp3) is 0. The fourth-order valence-corrected chi connectivity index (χ4v) is 12.8. The molecule has 0 saturated carbocycles. The molecule has 0 saturated heterocycles. The molecule has 4 nitrogen and oxygen atoms in total. The van der Waals surface area contributed by atoms with E-state index in [1.807, 2.05) is 66.7 Å². The summed E-state index contributed by atoms with van der Waals surface area (Å²) in [5.74, 6) is 1.16. The van der Waals surface area contributed by atoms with Gasteiger partial charge in [0.05, 0.1) is 34.1 Å². The van der Waals surface area contributed by atoms with E-state index in [2.05, 4.69) is 234 Å². The Morgan fingerprint density at radius 3 is 1.51 bits per heavy atom. The molecule has 0 radical (unpaired) electrons. The second-order valence-corrected chi connectivity index (χ2v) is 21.2. The molecule has 0 amide bonds. The van der Waals surface area contributed by atoms with Gasteiger partial charge in [-0.3, -0.25) is 0 Å². The molecule has 14 aromatic carbocycles. The van der Waals surface area contributed by atoms with Crippen molar-refractivity contribution in [3.63, 3.8) is 0 Å². The standard InChI is InChI=1S/C78H49FN2O2/c79-68-46-54(50-23-5-1-6-24-50)45-64(53-29-11-4-12-30-53)77(68)81(70-39-19-16-32-57(70)52-27-9-3-10-28-52)72-49-66-62-36-22-42-74-76(62)67(48-65(66)58-33-13-14-34-59(58)72)61-44-43-55(47-75(61)82-74)80(69-38-18-15-31-56(69)51-25-7-2-8-26-51)71-40-21-37-63-60-35-17-20-41-73(60)83-78(63)71/h1-49H. The Balaban J connectivity index is 0.927. The lowest BCUT2D eigenvalue weighted by Crippen LogP contribution is -2.15. The van der Waals surface area contributed by atoms with Gasteiger partial charge in [0.2, 0.25) is 0 Å². The molecule has 390 valence electrons. The van der Waals surface area contributed by atoms with Crippen molar-refractivity contribution >= 4 is 88.4 Å². The number of hydrogen-bond donors (Lipinski definition) is 0. The van der Waals surface area contributed by atoms with Crippen molar-refractivity contribution in [2.45, 2.75) is 0 Å². The lowest BCUT2D eigenvalue weighted by molar-refractivity contribution is 0.487. The number of fused-ring (bicyclic) bond motifs is 9. The number of ether oxygens (including phenoxy) is 1. The van der Waals surface area contributed by atoms with Crippen molar-refractivity contribution in [1.29, 1.82) is 0 Å². The molecular formula is C78H49FN2O2. The summed E-state index contributed by atoms with van der Waals surface area (Å²) in [5, 5.41) is 8.28. The summed E-state index contributed by atoms with van der Waals surface area (Å²) in [4.78, 5) is 4.48. The number of benzene rings is 14. The van der Waals surface area contributed by atoms with E-state index < -0.39 is 0 Å². The topological polar surface area (TPSA) is 28.9 Å². The van der Waals surface area contributed by atoms with E-state index in [0.29, 0.717) is 5.69 Å². The van der Waals surface area contributed by atoms with Gasteiger partial charge in [-0.2, -0.15) is 0 Å². The maximum atomic E-state index is 18.3. The zero-order valence-electron chi connectivity index (χ0n) is 44.9. The highest BCUT2D eigenvalue weighted by molar-refractivity contribution is 6.26. The van der Waals surface area contributed by atoms with Crippen LogP contribution in [0.2, 0.25) is 0 Å². The first-order valence-electron chi connectivity index (χ1n) is 28.1. The van der Waals surface area contributed by atoms with Gasteiger partial charge in [-0.05, 0) is 122 Å². The van der Waals surface area contributed by atoms with Gasteiger partial charge in [0.15, 0.2) is 5.58 Å². The maximum Gasteiger partial charge on any atom is 0.159 e. The number of para-hydroxylation sites is 4. The minimum Gasteiger partial charge on any atom is -0.456 e. The van der Waals surface area contributed by atoms with Gasteiger partial charge in [0.25, 0.3) is 0 Å². The molecule has 1 aromatic heterocycles. The average molecular weight is 1070 g/mol. The highest BCUT2D eigenvalue weighted by atomic mass is 19.1. The molecule has 0 atom stereocenters. The van der Waals surface area contributed by atoms with Gasteiger partial charge in [-0.15, -0.1) is 0 Å². The summed E-state index contributed by atoms with van der Waals surface area (Å²) in [6, 6.07) is 103. The molecule has 0 N–H and O–H groups in total. The van der Waals surface area contributed by atoms with Crippen molar-refractivity contribution in [3.8, 4) is 67.1 Å². The van der Waals surface area contributed by atoms with Gasteiger partial charge in [0, 0.05) is 49.9 Å². The molecule has 83 heavy (non-hydrogen) atoms.